The van der Waals surface area contributed by atoms with Gasteiger partial charge in [0.1, 0.15) is 17.7 Å². The van der Waals surface area contributed by atoms with Gasteiger partial charge in [-0.3, -0.25) is 9.59 Å². The zero-order chi connectivity index (χ0) is 25.3. The fraction of sp³-hybridized carbons (Fsp3) is 0.310. The van der Waals surface area contributed by atoms with Gasteiger partial charge in [-0.2, -0.15) is 0 Å². The molecule has 0 saturated heterocycles. The van der Waals surface area contributed by atoms with Gasteiger partial charge in [0, 0.05) is 24.1 Å². The summed E-state index contributed by atoms with van der Waals surface area (Å²) in [5.41, 5.74) is 2.42. The zero-order valence-electron chi connectivity index (χ0n) is 20.1. The third-order valence-corrected chi connectivity index (χ3v) is 6.45. The van der Waals surface area contributed by atoms with Crippen molar-refractivity contribution < 1.29 is 18.4 Å². The smallest absolute Gasteiger partial charge is 0.251 e. The summed E-state index contributed by atoms with van der Waals surface area (Å²) in [4.78, 5) is 25.6. The summed E-state index contributed by atoms with van der Waals surface area (Å²) in [6.45, 7) is 1.06. The minimum absolute atomic E-state index is 0.223. The number of carbonyl (C=O) groups excluding carboxylic acids is 2. The van der Waals surface area contributed by atoms with E-state index in [0.717, 1.165) is 36.9 Å². The molecule has 0 radical (unpaired) electrons. The summed E-state index contributed by atoms with van der Waals surface area (Å²) in [7, 11) is 0. The average molecular weight is 492 g/mol. The van der Waals surface area contributed by atoms with Gasteiger partial charge in [0.25, 0.3) is 5.91 Å². The Hall–Kier alpha value is -3.58. The van der Waals surface area contributed by atoms with Crippen LogP contribution < -0.4 is 16.0 Å². The molecule has 3 atom stereocenters. The van der Waals surface area contributed by atoms with Crippen molar-refractivity contribution in [2.45, 2.75) is 50.2 Å². The third-order valence-electron chi connectivity index (χ3n) is 6.45. The molecule has 1 fully saturated rings. The van der Waals surface area contributed by atoms with Crippen LogP contribution in [0.15, 0.2) is 78.9 Å². The minimum Gasteiger partial charge on any atom is -0.350 e. The number of unbranched alkanes of at least 4 members (excludes halogenated alkanes) is 1. The molecule has 3 aromatic rings. The van der Waals surface area contributed by atoms with Crippen LogP contribution in [0.5, 0.6) is 0 Å². The lowest BCUT2D eigenvalue weighted by Crippen LogP contribution is -2.46. The highest BCUT2D eigenvalue weighted by Gasteiger charge is 2.37. The Morgan fingerprint density at radius 1 is 0.861 bits per heavy atom. The van der Waals surface area contributed by atoms with E-state index in [9.17, 15) is 18.4 Å². The molecule has 1 aliphatic rings. The lowest BCUT2D eigenvalue weighted by atomic mass is 10.1. The summed E-state index contributed by atoms with van der Waals surface area (Å²) < 4.78 is 26.3. The number of carbonyl (C=O) groups is 2. The van der Waals surface area contributed by atoms with E-state index in [2.05, 4.69) is 16.0 Å². The van der Waals surface area contributed by atoms with Crippen molar-refractivity contribution in [2.24, 2.45) is 0 Å². The molecule has 3 N–H and O–H groups in total. The summed E-state index contributed by atoms with van der Waals surface area (Å²) in [6, 6.07) is 21.1. The Balaban J connectivity index is 1.24. The van der Waals surface area contributed by atoms with E-state index in [0.29, 0.717) is 23.9 Å². The predicted octanol–water partition coefficient (Wildman–Crippen LogP) is 4.70. The number of hydrogen-bond donors (Lipinski definition) is 3. The van der Waals surface area contributed by atoms with Crippen molar-refractivity contribution in [3.8, 4) is 0 Å². The summed E-state index contributed by atoms with van der Waals surface area (Å²) in [6.07, 6.45) is 3.15. The highest BCUT2D eigenvalue weighted by molar-refractivity contribution is 5.97. The van der Waals surface area contributed by atoms with Crippen molar-refractivity contribution in [1.29, 1.82) is 0 Å². The predicted molar refractivity (Wildman–Crippen MR) is 135 cm³/mol. The van der Waals surface area contributed by atoms with Gasteiger partial charge in [-0.15, -0.1) is 0 Å². The molecular formula is C29H31F2N3O2. The van der Waals surface area contributed by atoms with Gasteiger partial charge in [-0.25, -0.2) is 8.78 Å². The Morgan fingerprint density at radius 2 is 1.53 bits per heavy atom. The first-order chi connectivity index (χ1) is 17.5. The lowest BCUT2D eigenvalue weighted by Gasteiger charge is -2.19. The molecule has 3 aromatic carbocycles. The van der Waals surface area contributed by atoms with E-state index in [1.54, 1.807) is 36.4 Å². The second kappa shape index (κ2) is 12.4. The molecule has 0 spiro atoms. The van der Waals surface area contributed by atoms with Crippen LogP contribution >= 0.6 is 0 Å². The van der Waals surface area contributed by atoms with Gasteiger partial charge in [0.2, 0.25) is 5.91 Å². The van der Waals surface area contributed by atoms with Gasteiger partial charge in [0.05, 0.1) is 0 Å². The summed E-state index contributed by atoms with van der Waals surface area (Å²) in [5.74, 6) is -0.701. The zero-order valence-corrected chi connectivity index (χ0v) is 20.1. The number of halogens is 2. The molecule has 0 aliphatic heterocycles. The van der Waals surface area contributed by atoms with Crippen LogP contribution in [0.2, 0.25) is 0 Å². The van der Waals surface area contributed by atoms with Crippen molar-refractivity contribution in [3.05, 3.63) is 107 Å². The van der Waals surface area contributed by atoms with E-state index in [-0.39, 0.29) is 30.0 Å². The lowest BCUT2D eigenvalue weighted by molar-refractivity contribution is -0.123. The van der Waals surface area contributed by atoms with Crippen molar-refractivity contribution in [1.82, 2.24) is 16.0 Å². The van der Waals surface area contributed by atoms with Crippen molar-refractivity contribution >= 4 is 11.8 Å². The normalized spacial score (nSPS) is 17.3. The van der Waals surface area contributed by atoms with Crippen molar-refractivity contribution in [2.75, 3.05) is 6.54 Å². The number of benzene rings is 3. The minimum atomic E-state index is -0.675. The maximum Gasteiger partial charge on any atom is 0.251 e. The fourth-order valence-corrected chi connectivity index (χ4v) is 4.27. The monoisotopic (exact) mass is 491 g/mol. The molecule has 4 rings (SSSR count). The van der Waals surface area contributed by atoms with Crippen LogP contribution in [0.3, 0.4) is 0 Å². The molecule has 188 valence electrons. The van der Waals surface area contributed by atoms with Crippen LogP contribution in [0.1, 0.15) is 53.1 Å². The van der Waals surface area contributed by atoms with Crippen LogP contribution in [0.4, 0.5) is 8.78 Å². The van der Waals surface area contributed by atoms with Gasteiger partial charge < -0.3 is 16.0 Å². The van der Waals surface area contributed by atoms with Gasteiger partial charge in [-0.05, 0) is 79.8 Å². The first-order valence-electron chi connectivity index (χ1n) is 12.4. The van der Waals surface area contributed by atoms with E-state index in [1.807, 2.05) is 18.2 Å². The van der Waals surface area contributed by atoms with Crippen LogP contribution in [-0.2, 0) is 11.3 Å². The SMILES string of the molecule is O=C(NC(CCCCNC1CC1c1ccc(F)cc1)C(=O)NCc1ccc(F)cc1)c1ccccc1. The Labute approximate surface area is 210 Å². The largest absolute Gasteiger partial charge is 0.350 e. The molecule has 7 heteroatoms. The fourth-order valence-electron chi connectivity index (χ4n) is 4.27. The Bertz CT molecular complexity index is 1140. The van der Waals surface area contributed by atoms with E-state index >= 15 is 0 Å². The van der Waals surface area contributed by atoms with E-state index < -0.39 is 6.04 Å². The molecule has 0 heterocycles. The molecule has 0 aromatic heterocycles. The molecular weight excluding hydrogens is 460 g/mol. The quantitative estimate of drug-likeness (QED) is 0.322. The number of nitrogens with one attached hydrogen (secondary N) is 3. The Kier molecular flexibility index (Phi) is 8.79. The Morgan fingerprint density at radius 3 is 2.22 bits per heavy atom. The number of rotatable bonds is 12. The molecule has 36 heavy (non-hydrogen) atoms. The second-order valence-corrected chi connectivity index (χ2v) is 9.19. The molecule has 5 nitrogen and oxygen atoms in total. The van der Waals surface area contributed by atoms with E-state index in [4.69, 9.17) is 0 Å². The van der Waals surface area contributed by atoms with Crippen LogP contribution in [0, 0.1) is 11.6 Å². The highest BCUT2D eigenvalue weighted by Crippen LogP contribution is 2.40. The third kappa shape index (κ3) is 7.46. The van der Waals surface area contributed by atoms with E-state index in [1.165, 1.54) is 24.3 Å². The first-order valence-corrected chi connectivity index (χ1v) is 12.4. The molecule has 0 bridgehead atoms. The maximum atomic E-state index is 13.1. The van der Waals surface area contributed by atoms with Gasteiger partial charge in [-0.1, -0.05) is 42.5 Å². The summed E-state index contributed by atoms with van der Waals surface area (Å²) in [5, 5.41) is 9.24. The molecule has 1 aliphatic carbocycles. The van der Waals surface area contributed by atoms with Crippen molar-refractivity contribution in [3.63, 3.8) is 0 Å². The molecule has 3 unspecified atom stereocenters. The molecule has 2 amide bonds. The van der Waals surface area contributed by atoms with Gasteiger partial charge >= 0.3 is 0 Å². The summed E-state index contributed by atoms with van der Waals surface area (Å²) >= 11 is 0. The van der Waals surface area contributed by atoms with Crippen LogP contribution in [0.25, 0.3) is 0 Å². The van der Waals surface area contributed by atoms with Gasteiger partial charge in [0.15, 0.2) is 0 Å². The highest BCUT2D eigenvalue weighted by atomic mass is 19.1. The standard InChI is InChI=1S/C29H31F2N3O2/c30-23-13-9-20(10-14-23)19-33-29(36)26(34-28(35)22-6-2-1-3-7-22)8-4-5-17-32-27-18-25(27)21-11-15-24(31)16-12-21/h1-3,6-7,9-16,25-27,32H,4-5,8,17-19H2,(H,33,36)(H,34,35). The number of amides is 2. The maximum absolute atomic E-state index is 13.1. The molecule has 1 saturated carbocycles. The first kappa shape index (κ1) is 25.5. The topological polar surface area (TPSA) is 70.2 Å². The van der Waals surface area contributed by atoms with Crippen LogP contribution in [-0.4, -0.2) is 30.4 Å². The number of hydrogen-bond acceptors (Lipinski definition) is 3. The average Bonchev–Trinajstić information content (AvgIpc) is 3.67. The second-order valence-electron chi connectivity index (χ2n) is 9.19.